The molecule has 0 spiro atoms. The quantitative estimate of drug-likeness (QED) is 0.355. The van der Waals surface area contributed by atoms with E-state index in [9.17, 15) is 0 Å². The minimum atomic E-state index is 0.450. The second-order valence-corrected chi connectivity index (χ2v) is 8.13. The van der Waals surface area contributed by atoms with E-state index < -0.39 is 0 Å². The van der Waals surface area contributed by atoms with Crippen molar-refractivity contribution in [2.75, 3.05) is 11.9 Å². The fourth-order valence-electron chi connectivity index (χ4n) is 3.11. The lowest BCUT2D eigenvalue weighted by atomic mass is 10.2. The minimum Gasteiger partial charge on any atom is -0.353 e. The van der Waals surface area contributed by atoms with Crippen LogP contribution in [0.4, 0.5) is 5.82 Å². The third-order valence-corrected chi connectivity index (χ3v) is 6.01. The molecule has 0 amide bonds. The second-order valence-electron chi connectivity index (χ2n) is 6.50. The Bertz CT molecular complexity index is 1150. The molecule has 4 aromatic rings. The van der Waals surface area contributed by atoms with Crippen LogP contribution in [0.25, 0.3) is 11.2 Å². The highest BCUT2D eigenvalue weighted by molar-refractivity contribution is 6.36. The van der Waals surface area contributed by atoms with Crippen molar-refractivity contribution in [3.8, 4) is 0 Å². The summed E-state index contributed by atoms with van der Waals surface area (Å²) in [6.07, 6.45) is 3.22. The fourth-order valence-corrected chi connectivity index (χ4v) is 4.15. The van der Waals surface area contributed by atoms with E-state index in [-0.39, 0.29) is 0 Å². The zero-order valence-corrected chi connectivity index (χ0v) is 18.3. The monoisotopic (exact) mass is 465 g/mol. The molecule has 2 aromatic carbocycles. The van der Waals surface area contributed by atoms with Crippen LogP contribution in [0.3, 0.4) is 0 Å². The van der Waals surface area contributed by atoms with Crippen molar-refractivity contribution in [2.45, 2.75) is 13.1 Å². The number of fused-ring (bicyclic) bond motifs is 1. The average Bonchev–Trinajstić information content (AvgIpc) is 3.10. The molecule has 0 aliphatic carbocycles. The standard InChI is InChI=1S/C20H15Cl4N5/c1-28(8-12-14(21)4-2-5-15(12)22)19-18-20(26-10-25-19)29(11-27-18)9-13-16(23)6-3-7-17(13)24/h2-7,10-11H,8-9H2,1H3. The molecule has 148 valence electrons. The van der Waals surface area contributed by atoms with Crippen molar-refractivity contribution in [1.82, 2.24) is 19.5 Å². The molecule has 0 saturated heterocycles. The summed E-state index contributed by atoms with van der Waals surface area (Å²) in [6.45, 7) is 0.930. The van der Waals surface area contributed by atoms with E-state index in [1.807, 2.05) is 52.9 Å². The van der Waals surface area contributed by atoms with Gasteiger partial charge in [0.1, 0.15) is 6.33 Å². The lowest BCUT2D eigenvalue weighted by Crippen LogP contribution is -2.19. The van der Waals surface area contributed by atoms with Gasteiger partial charge in [0.05, 0.1) is 12.9 Å². The van der Waals surface area contributed by atoms with E-state index in [1.165, 1.54) is 6.33 Å². The Balaban J connectivity index is 1.69. The van der Waals surface area contributed by atoms with Crippen LogP contribution >= 0.6 is 46.4 Å². The van der Waals surface area contributed by atoms with Crippen molar-refractivity contribution >= 4 is 63.4 Å². The van der Waals surface area contributed by atoms with Gasteiger partial charge in [-0.15, -0.1) is 0 Å². The van der Waals surface area contributed by atoms with Gasteiger partial charge in [0.2, 0.25) is 0 Å². The number of hydrogen-bond donors (Lipinski definition) is 0. The maximum Gasteiger partial charge on any atom is 0.165 e. The van der Waals surface area contributed by atoms with Gasteiger partial charge in [0, 0.05) is 44.8 Å². The van der Waals surface area contributed by atoms with E-state index in [0.29, 0.717) is 50.2 Å². The van der Waals surface area contributed by atoms with Crippen LogP contribution in [0.1, 0.15) is 11.1 Å². The van der Waals surface area contributed by atoms with Gasteiger partial charge < -0.3 is 9.47 Å². The Morgan fingerprint density at radius 3 is 2.03 bits per heavy atom. The SMILES string of the molecule is CN(Cc1c(Cl)cccc1Cl)c1ncnc2c1ncn2Cc1c(Cl)cccc1Cl. The van der Waals surface area contributed by atoms with Crippen molar-refractivity contribution in [3.05, 3.63) is 80.3 Å². The predicted molar refractivity (Wildman–Crippen MR) is 119 cm³/mol. The van der Waals surface area contributed by atoms with Crippen LogP contribution in [-0.2, 0) is 13.1 Å². The third kappa shape index (κ3) is 4.01. The molecule has 4 rings (SSSR count). The molecule has 0 atom stereocenters. The number of imidazole rings is 1. The molecule has 9 heteroatoms. The second kappa shape index (κ2) is 8.36. The molecule has 0 N–H and O–H groups in total. The molecular formula is C20H15Cl4N5. The normalized spacial score (nSPS) is 11.2. The summed E-state index contributed by atoms with van der Waals surface area (Å²) in [5, 5.41) is 2.40. The van der Waals surface area contributed by atoms with Crippen molar-refractivity contribution in [3.63, 3.8) is 0 Å². The fraction of sp³-hybridized carbons (Fsp3) is 0.150. The summed E-state index contributed by atoms with van der Waals surface area (Å²) in [5.74, 6) is 0.676. The Kier molecular flexibility index (Phi) is 5.83. The molecular weight excluding hydrogens is 452 g/mol. The first-order chi connectivity index (χ1) is 14.0. The smallest absolute Gasteiger partial charge is 0.165 e. The van der Waals surface area contributed by atoms with Gasteiger partial charge in [-0.05, 0) is 24.3 Å². The van der Waals surface area contributed by atoms with Crippen LogP contribution < -0.4 is 4.90 Å². The topological polar surface area (TPSA) is 46.8 Å². The number of nitrogens with zero attached hydrogens (tertiary/aromatic N) is 5. The molecule has 2 aromatic heterocycles. The largest absolute Gasteiger partial charge is 0.353 e. The molecule has 5 nitrogen and oxygen atoms in total. The van der Waals surface area contributed by atoms with Gasteiger partial charge in [-0.1, -0.05) is 58.5 Å². The maximum absolute atomic E-state index is 6.32. The van der Waals surface area contributed by atoms with E-state index in [4.69, 9.17) is 46.4 Å². The summed E-state index contributed by atoms with van der Waals surface area (Å²) in [4.78, 5) is 15.3. The average molecular weight is 467 g/mol. The Labute approximate surface area is 187 Å². The number of anilines is 1. The Morgan fingerprint density at radius 2 is 1.41 bits per heavy atom. The molecule has 0 radical (unpaired) electrons. The molecule has 29 heavy (non-hydrogen) atoms. The van der Waals surface area contributed by atoms with Crippen molar-refractivity contribution in [2.24, 2.45) is 0 Å². The van der Waals surface area contributed by atoms with E-state index in [0.717, 1.165) is 11.1 Å². The van der Waals surface area contributed by atoms with Crippen molar-refractivity contribution < 1.29 is 0 Å². The van der Waals surface area contributed by atoms with Crippen molar-refractivity contribution in [1.29, 1.82) is 0 Å². The van der Waals surface area contributed by atoms with E-state index in [1.54, 1.807) is 6.33 Å². The van der Waals surface area contributed by atoms with Gasteiger partial charge in [0.15, 0.2) is 17.0 Å². The number of aromatic nitrogens is 4. The van der Waals surface area contributed by atoms with Gasteiger partial charge >= 0.3 is 0 Å². The van der Waals surface area contributed by atoms with Gasteiger partial charge in [0.25, 0.3) is 0 Å². The van der Waals surface area contributed by atoms with Crippen LogP contribution in [0.15, 0.2) is 49.1 Å². The van der Waals surface area contributed by atoms with Crippen LogP contribution in [0, 0.1) is 0 Å². The first-order valence-electron chi connectivity index (χ1n) is 8.68. The summed E-state index contributed by atoms with van der Waals surface area (Å²) in [6, 6.07) is 10.9. The molecule has 0 bridgehead atoms. The van der Waals surface area contributed by atoms with Gasteiger partial charge in [-0.2, -0.15) is 0 Å². The zero-order valence-electron chi connectivity index (χ0n) is 15.3. The predicted octanol–water partition coefficient (Wildman–Crippen LogP) is 6.12. The van der Waals surface area contributed by atoms with E-state index in [2.05, 4.69) is 15.0 Å². The third-order valence-electron chi connectivity index (χ3n) is 4.59. The number of halogens is 4. The summed E-state index contributed by atoms with van der Waals surface area (Å²) in [7, 11) is 1.91. The Morgan fingerprint density at radius 1 is 0.828 bits per heavy atom. The van der Waals surface area contributed by atoms with Crippen LogP contribution in [0.5, 0.6) is 0 Å². The summed E-state index contributed by atoms with van der Waals surface area (Å²) in [5.41, 5.74) is 2.99. The molecule has 0 fully saturated rings. The van der Waals surface area contributed by atoms with E-state index >= 15 is 0 Å². The lowest BCUT2D eigenvalue weighted by molar-refractivity contribution is 0.813. The van der Waals surface area contributed by atoms with Gasteiger partial charge in [-0.3, -0.25) is 0 Å². The molecule has 0 aliphatic heterocycles. The summed E-state index contributed by atoms with van der Waals surface area (Å²) >= 11 is 25.3. The van der Waals surface area contributed by atoms with Crippen LogP contribution in [-0.4, -0.2) is 26.6 Å². The van der Waals surface area contributed by atoms with Crippen LogP contribution in [0.2, 0.25) is 20.1 Å². The highest BCUT2D eigenvalue weighted by atomic mass is 35.5. The van der Waals surface area contributed by atoms with Gasteiger partial charge in [-0.25, -0.2) is 15.0 Å². The maximum atomic E-state index is 6.32. The summed E-state index contributed by atoms with van der Waals surface area (Å²) < 4.78 is 1.89. The number of rotatable bonds is 5. The molecule has 0 aliphatic rings. The first kappa shape index (κ1) is 20.2. The molecule has 0 saturated carbocycles. The Hall–Kier alpha value is -2.05. The first-order valence-corrected chi connectivity index (χ1v) is 10.2. The minimum absolute atomic E-state index is 0.450. The lowest BCUT2D eigenvalue weighted by Gasteiger charge is -2.20. The zero-order chi connectivity index (χ0) is 20.5. The molecule has 0 unspecified atom stereocenters. The molecule has 2 heterocycles. The number of benzene rings is 2. The highest BCUT2D eigenvalue weighted by Crippen LogP contribution is 2.30. The number of hydrogen-bond acceptors (Lipinski definition) is 4. The highest BCUT2D eigenvalue weighted by Gasteiger charge is 2.17.